The van der Waals surface area contributed by atoms with Gasteiger partial charge in [0.05, 0.1) is 12.8 Å². The van der Waals surface area contributed by atoms with Gasteiger partial charge in [0, 0.05) is 5.41 Å². The van der Waals surface area contributed by atoms with Crippen LogP contribution in [0.3, 0.4) is 0 Å². The maximum absolute atomic E-state index is 12.9. The fraction of sp³-hybridized carbons (Fsp3) is 0.619. The Bertz CT molecular complexity index is 670. The molecule has 0 aromatic heterocycles. The Morgan fingerprint density at radius 1 is 1.21 bits per heavy atom. The number of hydrogen-bond acceptors (Lipinski definition) is 1. The number of hydrogen-bond donors (Lipinski definition) is 0. The molecule has 0 amide bonds. The van der Waals surface area contributed by atoms with Crippen molar-refractivity contribution in [1.29, 1.82) is 0 Å². The fourth-order valence-electron chi connectivity index (χ4n) is 5.85. The van der Waals surface area contributed by atoms with Crippen molar-refractivity contribution in [3.8, 4) is 0 Å². The number of fused-ring (bicyclic) bond motifs is 4. The molecule has 0 saturated heterocycles. The van der Waals surface area contributed by atoms with Crippen molar-refractivity contribution in [3.63, 3.8) is 0 Å². The van der Waals surface area contributed by atoms with Crippen LogP contribution >= 0.6 is 23.0 Å². The van der Waals surface area contributed by atoms with Crippen LogP contribution in [0.1, 0.15) is 63.0 Å². The second-order valence-corrected chi connectivity index (χ2v) is 8.65. The Morgan fingerprint density at radius 2 is 2.04 bits per heavy atom. The van der Waals surface area contributed by atoms with Gasteiger partial charge in [0.2, 0.25) is 0 Å². The third-order valence-corrected chi connectivity index (χ3v) is 7.71. The molecule has 0 radical (unpaired) electrons. The third-order valence-electron chi connectivity index (χ3n) is 7.00. The minimum absolute atomic E-state index is 0.184. The van der Waals surface area contributed by atoms with E-state index >= 15 is 0 Å². The summed E-state index contributed by atoms with van der Waals surface area (Å²) in [7, 11) is 0. The summed E-state index contributed by atoms with van der Waals surface area (Å²) in [5, 5.41) is 0. The molecular formula is C21H26FIO. The summed E-state index contributed by atoms with van der Waals surface area (Å²) in [6, 6.07) is 9.00. The maximum atomic E-state index is 12.9. The van der Waals surface area contributed by atoms with Crippen molar-refractivity contribution >= 4 is 23.0 Å². The van der Waals surface area contributed by atoms with E-state index in [1.165, 1.54) is 30.4 Å². The zero-order chi connectivity index (χ0) is 16.8. The molecule has 3 atom stereocenters. The van der Waals surface area contributed by atoms with Gasteiger partial charge < -0.3 is 3.07 Å². The molecule has 1 aromatic rings. The molecule has 0 aliphatic heterocycles. The van der Waals surface area contributed by atoms with E-state index in [0.29, 0.717) is 12.5 Å². The van der Waals surface area contributed by atoms with Gasteiger partial charge in [-0.2, -0.15) is 0 Å². The van der Waals surface area contributed by atoms with Crippen LogP contribution in [0.15, 0.2) is 35.4 Å². The molecule has 1 nitrogen and oxygen atoms in total. The Balaban J connectivity index is 1.82. The summed E-state index contributed by atoms with van der Waals surface area (Å²) in [6.07, 6.45) is 8.86. The minimum Gasteiger partial charge on any atom is -0.312 e. The van der Waals surface area contributed by atoms with Crippen molar-refractivity contribution in [1.82, 2.24) is 0 Å². The molecule has 3 heteroatoms. The zero-order valence-corrected chi connectivity index (χ0v) is 16.6. The Labute approximate surface area is 158 Å². The highest BCUT2D eigenvalue weighted by Gasteiger charge is 2.52. The lowest BCUT2D eigenvalue weighted by Gasteiger charge is -2.49. The van der Waals surface area contributed by atoms with Gasteiger partial charge in [0.1, 0.15) is 23.0 Å². The number of aryl methyl sites for hydroxylation is 1. The Kier molecular flexibility index (Phi) is 4.53. The molecular weight excluding hydrogens is 414 g/mol. The molecule has 3 aliphatic rings. The van der Waals surface area contributed by atoms with Gasteiger partial charge in [-0.3, -0.25) is 4.39 Å². The summed E-state index contributed by atoms with van der Waals surface area (Å²) in [5.74, 6) is 0. The summed E-state index contributed by atoms with van der Waals surface area (Å²) in [4.78, 5) is 0. The topological polar surface area (TPSA) is 9.23 Å². The van der Waals surface area contributed by atoms with Gasteiger partial charge in [0.25, 0.3) is 0 Å². The normalized spacial score (nSPS) is 34.7. The smallest absolute Gasteiger partial charge is 0.110 e. The van der Waals surface area contributed by atoms with Gasteiger partial charge in [-0.15, -0.1) is 0 Å². The first-order valence-electron chi connectivity index (χ1n) is 9.28. The lowest BCUT2D eigenvalue weighted by Crippen LogP contribution is -2.39. The summed E-state index contributed by atoms with van der Waals surface area (Å²) in [5.41, 5.74) is 6.77. The van der Waals surface area contributed by atoms with Gasteiger partial charge in [0.15, 0.2) is 0 Å². The predicted molar refractivity (Wildman–Crippen MR) is 104 cm³/mol. The summed E-state index contributed by atoms with van der Waals surface area (Å²) in [6.45, 7) is 2.25. The standard InChI is InChI=1S/C21H26FIO/c1-20-10-11-21(9-4-12-22)14-16(24-23)13-19(21)18(20)8-7-15-5-2-3-6-17(15)20/h2-3,5-6,16H,4,7-14H2,1H3/t16-,20-,21-/m0/s1. The zero-order valence-electron chi connectivity index (χ0n) is 14.4. The number of rotatable bonds is 4. The van der Waals surface area contributed by atoms with E-state index in [1.54, 1.807) is 11.1 Å². The van der Waals surface area contributed by atoms with Crippen molar-refractivity contribution in [2.24, 2.45) is 5.41 Å². The molecule has 0 unspecified atom stereocenters. The first-order valence-corrected chi connectivity index (χ1v) is 10.2. The molecule has 0 bridgehead atoms. The predicted octanol–water partition coefficient (Wildman–Crippen LogP) is 6.25. The van der Waals surface area contributed by atoms with Crippen LogP contribution in [0.25, 0.3) is 0 Å². The lowest BCUT2D eigenvalue weighted by molar-refractivity contribution is 0.191. The van der Waals surface area contributed by atoms with Crippen LogP contribution in [0.5, 0.6) is 0 Å². The Morgan fingerprint density at radius 3 is 2.83 bits per heavy atom. The monoisotopic (exact) mass is 440 g/mol. The highest BCUT2D eigenvalue weighted by Crippen LogP contribution is 2.62. The molecule has 1 aromatic carbocycles. The van der Waals surface area contributed by atoms with E-state index < -0.39 is 0 Å². The van der Waals surface area contributed by atoms with E-state index in [0.717, 1.165) is 25.7 Å². The van der Waals surface area contributed by atoms with Crippen LogP contribution in [-0.2, 0) is 14.9 Å². The second-order valence-electron chi connectivity index (χ2n) is 8.14. The molecule has 0 spiro atoms. The average molecular weight is 440 g/mol. The van der Waals surface area contributed by atoms with Crippen LogP contribution in [-0.4, -0.2) is 12.8 Å². The van der Waals surface area contributed by atoms with Crippen molar-refractivity contribution < 1.29 is 7.46 Å². The van der Waals surface area contributed by atoms with Gasteiger partial charge >= 0.3 is 0 Å². The van der Waals surface area contributed by atoms with Gasteiger partial charge in [-0.25, -0.2) is 0 Å². The van der Waals surface area contributed by atoms with Crippen LogP contribution in [0, 0.1) is 5.41 Å². The number of alkyl halides is 1. The molecule has 24 heavy (non-hydrogen) atoms. The van der Waals surface area contributed by atoms with Crippen molar-refractivity contribution in [2.45, 2.75) is 69.8 Å². The Hall–Kier alpha value is -0.420. The number of allylic oxidation sites excluding steroid dienone is 1. The SMILES string of the molecule is C[C@@]12CC[C@@]3(CCCF)C[C@@H](OI)CC3=C1CCc1ccccc12. The first kappa shape index (κ1) is 17.0. The van der Waals surface area contributed by atoms with E-state index in [1.807, 2.05) is 0 Å². The van der Waals surface area contributed by atoms with E-state index in [4.69, 9.17) is 3.07 Å². The number of halogens is 2. The summed E-state index contributed by atoms with van der Waals surface area (Å²) >= 11 is 2.06. The summed E-state index contributed by atoms with van der Waals surface area (Å²) < 4.78 is 18.7. The largest absolute Gasteiger partial charge is 0.312 e. The van der Waals surface area contributed by atoms with E-state index in [-0.39, 0.29) is 17.5 Å². The van der Waals surface area contributed by atoms with E-state index in [9.17, 15) is 4.39 Å². The molecule has 0 N–H and O–H groups in total. The van der Waals surface area contributed by atoms with Crippen molar-refractivity contribution in [3.05, 3.63) is 46.5 Å². The first-order chi connectivity index (χ1) is 11.6. The molecule has 3 aliphatic carbocycles. The quantitative estimate of drug-likeness (QED) is 0.398. The molecule has 0 heterocycles. The minimum atomic E-state index is -0.194. The lowest BCUT2D eigenvalue weighted by atomic mass is 9.55. The molecule has 1 saturated carbocycles. The average Bonchev–Trinajstić information content (AvgIpc) is 2.99. The molecule has 1 fully saturated rings. The van der Waals surface area contributed by atoms with Crippen LogP contribution in [0.2, 0.25) is 0 Å². The molecule has 130 valence electrons. The maximum Gasteiger partial charge on any atom is 0.110 e. The highest BCUT2D eigenvalue weighted by molar-refractivity contribution is 14.1. The highest BCUT2D eigenvalue weighted by atomic mass is 127. The second kappa shape index (κ2) is 6.39. The third kappa shape index (κ3) is 2.49. The van der Waals surface area contributed by atoms with Crippen molar-refractivity contribution in [2.75, 3.05) is 6.67 Å². The van der Waals surface area contributed by atoms with Crippen LogP contribution in [0.4, 0.5) is 4.39 Å². The van der Waals surface area contributed by atoms with Crippen LogP contribution < -0.4 is 0 Å². The van der Waals surface area contributed by atoms with E-state index in [2.05, 4.69) is 54.2 Å². The van der Waals surface area contributed by atoms with Gasteiger partial charge in [-0.05, 0) is 67.9 Å². The molecule has 4 rings (SSSR count). The fourth-order valence-corrected chi connectivity index (χ4v) is 6.21. The van der Waals surface area contributed by atoms with Gasteiger partial charge in [-0.1, -0.05) is 42.3 Å². The number of benzene rings is 1.